The second kappa shape index (κ2) is 5.70. The van der Waals surface area contributed by atoms with E-state index in [4.69, 9.17) is 0 Å². The number of hydrogen-bond donors (Lipinski definition) is 0. The van der Waals surface area contributed by atoms with E-state index in [1.807, 2.05) is 18.5 Å². The summed E-state index contributed by atoms with van der Waals surface area (Å²) >= 11 is 0. The van der Waals surface area contributed by atoms with E-state index in [2.05, 4.69) is 22.1 Å². The number of pyridine rings is 2. The summed E-state index contributed by atoms with van der Waals surface area (Å²) < 4.78 is 13.3. The monoisotopic (exact) mass is 270 g/mol. The minimum Gasteiger partial charge on any atom is -0.265 e. The third-order valence-electron chi connectivity index (χ3n) is 4.36. The van der Waals surface area contributed by atoms with Crippen molar-refractivity contribution in [1.82, 2.24) is 9.97 Å². The molecule has 0 atom stereocenters. The summed E-state index contributed by atoms with van der Waals surface area (Å²) in [5, 5.41) is 0. The highest BCUT2D eigenvalue weighted by Crippen LogP contribution is 2.43. The van der Waals surface area contributed by atoms with Crippen molar-refractivity contribution in [2.24, 2.45) is 5.41 Å². The van der Waals surface area contributed by atoms with Crippen LogP contribution in [0.15, 0.2) is 42.9 Å². The van der Waals surface area contributed by atoms with Crippen LogP contribution >= 0.6 is 0 Å². The van der Waals surface area contributed by atoms with Gasteiger partial charge in [-0.25, -0.2) is 4.98 Å². The lowest BCUT2D eigenvalue weighted by Crippen LogP contribution is -2.23. The summed E-state index contributed by atoms with van der Waals surface area (Å²) in [6.45, 7) is 0. The summed E-state index contributed by atoms with van der Waals surface area (Å²) in [6.07, 6.45) is 12.3. The van der Waals surface area contributed by atoms with E-state index in [1.54, 1.807) is 12.3 Å². The second-order valence-corrected chi connectivity index (χ2v) is 5.90. The molecule has 0 aliphatic heterocycles. The van der Waals surface area contributed by atoms with Crippen molar-refractivity contribution in [1.29, 1.82) is 0 Å². The van der Waals surface area contributed by atoms with Gasteiger partial charge < -0.3 is 0 Å². The maximum atomic E-state index is 13.3. The van der Waals surface area contributed by atoms with Crippen LogP contribution < -0.4 is 0 Å². The van der Waals surface area contributed by atoms with Crippen LogP contribution in [-0.2, 0) is 12.8 Å². The van der Waals surface area contributed by atoms with Crippen molar-refractivity contribution in [2.75, 3.05) is 0 Å². The third kappa shape index (κ3) is 3.03. The maximum Gasteiger partial charge on any atom is 0.213 e. The predicted octanol–water partition coefficient (Wildman–Crippen LogP) is 3.96. The molecule has 0 unspecified atom stereocenters. The number of halogens is 1. The molecule has 2 aromatic heterocycles. The van der Waals surface area contributed by atoms with Gasteiger partial charge in [-0.05, 0) is 66.5 Å². The topological polar surface area (TPSA) is 25.8 Å². The van der Waals surface area contributed by atoms with Crippen molar-refractivity contribution >= 4 is 0 Å². The Morgan fingerprint density at radius 3 is 2.30 bits per heavy atom. The predicted molar refractivity (Wildman–Crippen MR) is 76.7 cm³/mol. The highest BCUT2D eigenvalue weighted by atomic mass is 19.1. The van der Waals surface area contributed by atoms with Gasteiger partial charge in [-0.3, -0.25) is 4.98 Å². The molecule has 0 bridgehead atoms. The summed E-state index contributed by atoms with van der Waals surface area (Å²) in [5.74, 6) is -0.375. The van der Waals surface area contributed by atoms with E-state index >= 15 is 0 Å². The fourth-order valence-corrected chi connectivity index (χ4v) is 3.46. The van der Waals surface area contributed by atoms with Crippen LogP contribution in [0.25, 0.3) is 0 Å². The lowest BCUT2D eigenvalue weighted by atomic mass is 9.75. The van der Waals surface area contributed by atoms with Gasteiger partial charge in [-0.15, -0.1) is 0 Å². The van der Waals surface area contributed by atoms with Gasteiger partial charge in [-0.1, -0.05) is 12.8 Å². The average Bonchev–Trinajstić information content (AvgIpc) is 2.88. The van der Waals surface area contributed by atoms with Gasteiger partial charge in [0.15, 0.2) is 0 Å². The first-order chi connectivity index (χ1) is 9.76. The molecule has 104 valence electrons. The fourth-order valence-electron chi connectivity index (χ4n) is 3.46. The highest BCUT2D eigenvalue weighted by molar-refractivity contribution is 5.18. The maximum absolute atomic E-state index is 13.3. The largest absolute Gasteiger partial charge is 0.265 e. The molecule has 3 rings (SSSR count). The zero-order valence-electron chi connectivity index (χ0n) is 11.6. The molecule has 20 heavy (non-hydrogen) atoms. The Hall–Kier alpha value is -1.77. The zero-order valence-corrected chi connectivity index (χ0v) is 11.6. The lowest BCUT2D eigenvalue weighted by molar-refractivity contribution is 0.291. The minimum atomic E-state index is -0.375. The Morgan fingerprint density at radius 2 is 1.60 bits per heavy atom. The quantitative estimate of drug-likeness (QED) is 0.786. The molecule has 1 fully saturated rings. The van der Waals surface area contributed by atoms with Gasteiger partial charge in [0.25, 0.3) is 0 Å². The number of nitrogens with zero attached hydrogens (tertiary/aromatic N) is 2. The van der Waals surface area contributed by atoms with Crippen molar-refractivity contribution in [3.05, 3.63) is 59.9 Å². The average molecular weight is 270 g/mol. The summed E-state index contributed by atoms with van der Waals surface area (Å²) in [7, 11) is 0. The van der Waals surface area contributed by atoms with Gasteiger partial charge in [0, 0.05) is 18.6 Å². The zero-order chi connectivity index (χ0) is 13.8. The molecule has 2 nitrogen and oxygen atoms in total. The van der Waals surface area contributed by atoms with Crippen molar-refractivity contribution in [3.63, 3.8) is 0 Å². The molecular formula is C17H19FN2. The molecule has 0 radical (unpaired) electrons. The molecule has 2 aromatic rings. The van der Waals surface area contributed by atoms with Crippen LogP contribution in [0, 0.1) is 11.4 Å². The van der Waals surface area contributed by atoms with E-state index in [0.29, 0.717) is 0 Å². The van der Waals surface area contributed by atoms with Gasteiger partial charge in [0.05, 0.1) is 0 Å². The number of hydrogen-bond acceptors (Lipinski definition) is 2. The van der Waals surface area contributed by atoms with Crippen LogP contribution in [0.4, 0.5) is 4.39 Å². The molecule has 1 aliphatic carbocycles. The summed E-state index contributed by atoms with van der Waals surface area (Å²) in [5.41, 5.74) is 2.67. The van der Waals surface area contributed by atoms with Crippen LogP contribution in [-0.4, -0.2) is 9.97 Å². The number of aromatic nitrogens is 2. The molecule has 1 aliphatic rings. The van der Waals surface area contributed by atoms with Crippen LogP contribution in [0.5, 0.6) is 0 Å². The van der Waals surface area contributed by atoms with Crippen LogP contribution in [0.3, 0.4) is 0 Å². The molecule has 0 amide bonds. The van der Waals surface area contributed by atoms with Crippen molar-refractivity contribution in [2.45, 2.75) is 38.5 Å². The minimum absolute atomic E-state index is 0.273. The Kier molecular flexibility index (Phi) is 3.77. The van der Waals surface area contributed by atoms with E-state index in [9.17, 15) is 4.39 Å². The molecule has 2 heterocycles. The molecule has 1 saturated carbocycles. The third-order valence-corrected chi connectivity index (χ3v) is 4.36. The first kappa shape index (κ1) is 13.2. The van der Waals surface area contributed by atoms with E-state index in [1.165, 1.54) is 31.2 Å². The standard InChI is InChI=1S/C17H19FN2/c18-16-11-15(5-10-20-16)13-17(6-1-2-7-17)12-14-3-8-19-9-4-14/h3-5,8-11H,1-2,6-7,12-13H2. The first-order valence-electron chi connectivity index (χ1n) is 7.25. The highest BCUT2D eigenvalue weighted by Gasteiger charge is 2.34. The molecule has 0 N–H and O–H groups in total. The van der Waals surface area contributed by atoms with E-state index in [0.717, 1.165) is 18.4 Å². The van der Waals surface area contributed by atoms with Gasteiger partial charge in [-0.2, -0.15) is 4.39 Å². The Labute approximate surface area is 119 Å². The first-order valence-corrected chi connectivity index (χ1v) is 7.25. The van der Waals surface area contributed by atoms with E-state index in [-0.39, 0.29) is 11.4 Å². The Morgan fingerprint density at radius 1 is 0.950 bits per heavy atom. The molecule has 0 spiro atoms. The molecular weight excluding hydrogens is 251 g/mol. The molecule has 3 heteroatoms. The Balaban J connectivity index is 1.81. The van der Waals surface area contributed by atoms with E-state index < -0.39 is 0 Å². The van der Waals surface area contributed by atoms with Crippen molar-refractivity contribution in [3.8, 4) is 0 Å². The van der Waals surface area contributed by atoms with Crippen LogP contribution in [0.2, 0.25) is 0 Å². The summed E-state index contributed by atoms with van der Waals surface area (Å²) in [4.78, 5) is 7.73. The fraction of sp³-hybridized carbons (Fsp3) is 0.412. The Bertz CT molecular complexity index is 562. The number of rotatable bonds is 4. The molecule has 0 aromatic carbocycles. The van der Waals surface area contributed by atoms with Crippen molar-refractivity contribution < 1.29 is 4.39 Å². The molecule has 0 saturated heterocycles. The SMILES string of the molecule is Fc1cc(CC2(Cc3ccncc3)CCCC2)ccn1. The van der Waals surface area contributed by atoms with Gasteiger partial charge >= 0.3 is 0 Å². The van der Waals surface area contributed by atoms with Gasteiger partial charge in [0.1, 0.15) is 0 Å². The normalized spacial score (nSPS) is 17.2. The van der Waals surface area contributed by atoms with Crippen LogP contribution in [0.1, 0.15) is 36.8 Å². The summed E-state index contributed by atoms with van der Waals surface area (Å²) in [6, 6.07) is 7.70. The van der Waals surface area contributed by atoms with Gasteiger partial charge in [0.2, 0.25) is 5.95 Å². The lowest BCUT2D eigenvalue weighted by Gasteiger charge is -2.29. The smallest absolute Gasteiger partial charge is 0.213 e. The second-order valence-electron chi connectivity index (χ2n) is 5.90.